The highest BCUT2D eigenvalue weighted by Crippen LogP contribution is 2.56. The van der Waals surface area contributed by atoms with Crippen LogP contribution in [0.3, 0.4) is 0 Å². The molecule has 0 amide bonds. The van der Waals surface area contributed by atoms with E-state index in [-0.39, 0.29) is 11.5 Å². The number of nitrogens with zero attached hydrogens (tertiary/aromatic N) is 4. The fraction of sp³-hybridized carbons (Fsp3) is 0.640. The van der Waals surface area contributed by atoms with Gasteiger partial charge in [0.05, 0.1) is 12.1 Å². The van der Waals surface area contributed by atoms with Crippen molar-refractivity contribution in [2.75, 3.05) is 32.7 Å². The highest BCUT2D eigenvalue weighted by atomic mass is 16.3. The Hall–Kier alpha value is -1.89. The van der Waals surface area contributed by atoms with Crippen LogP contribution in [0.25, 0.3) is 0 Å². The zero-order chi connectivity index (χ0) is 21.1. The lowest BCUT2D eigenvalue weighted by Gasteiger charge is -2.61. The fourth-order valence-electron chi connectivity index (χ4n) is 6.81. The molecule has 2 aliphatic carbocycles. The number of phenols is 1. The number of benzene rings is 1. The molecule has 1 aromatic carbocycles. The van der Waals surface area contributed by atoms with Crippen LogP contribution in [0.15, 0.2) is 36.7 Å². The van der Waals surface area contributed by atoms with E-state index in [0.29, 0.717) is 5.75 Å². The first kappa shape index (κ1) is 19.8. The molecule has 6 nitrogen and oxygen atoms in total. The quantitative estimate of drug-likeness (QED) is 0.775. The molecule has 0 radical (unpaired) electrons. The maximum absolute atomic E-state index is 12.5. The van der Waals surface area contributed by atoms with E-state index < -0.39 is 5.60 Å². The van der Waals surface area contributed by atoms with Gasteiger partial charge in [0.15, 0.2) is 0 Å². The molecule has 2 aromatic rings. The molecular weight excluding hydrogens is 388 g/mol. The molecule has 3 fully saturated rings. The zero-order valence-corrected chi connectivity index (χ0v) is 18.3. The number of likely N-dealkylation sites (tertiary alicyclic amines) is 2. The second-order valence-electron chi connectivity index (χ2n) is 10.4. The molecule has 6 heteroatoms. The first-order valence-corrected chi connectivity index (χ1v) is 12.1. The van der Waals surface area contributed by atoms with Crippen LogP contribution in [0.4, 0.5) is 0 Å². The van der Waals surface area contributed by atoms with E-state index in [0.717, 1.165) is 70.9 Å². The maximum Gasteiger partial charge on any atom is 0.115 e. The van der Waals surface area contributed by atoms with Gasteiger partial charge in [0.1, 0.15) is 5.75 Å². The van der Waals surface area contributed by atoms with E-state index in [1.807, 2.05) is 35.3 Å². The minimum Gasteiger partial charge on any atom is -0.508 e. The van der Waals surface area contributed by atoms with E-state index in [2.05, 4.69) is 21.0 Å². The van der Waals surface area contributed by atoms with E-state index >= 15 is 0 Å². The molecule has 1 aromatic heterocycles. The lowest BCUT2D eigenvalue weighted by molar-refractivity contribution is -0.149. The lowest BCUT2D eigenvalue weighted by Crippen LogP contribution is -2.71. The van der Waals surface area contributed by atoms with Gasteiger partial charge in [0.25, 0.3) is 0 Å². The summed E-state index contributed by atoms with van der Waals surface area (Å²) in [4.78, 5) is 5.13. The SMILES string of the molecule is Oc1ccc2c(c1)C13CCN(CCn4cccn4)CCC1(O)C(C2)N(CC1CC1)CC3. The first-order chi connectivity index (χ1) is 15.1. The molecule has 6 rings (SSSR count). The third kappa shape index (κ3) is 3.22. The predicted molar refractivity (Wildman–Crippen MR) is 119 cm³/mol. The lowest BCUT2D eigenvalue weighted by atomic mass is 9.52. The summed E-state index contributed by atoms with van der Waals surface area (Å²) < 4.78 is 1.99. The van der Waals surface area contributed by atoms with Gasteiger partial charge in [-0.05, 0) is 86.9 Å². The molecule has 3 atom stereocenters. The molecule has 31 heavy (non-hydrogen) atoms. The summed E-state index contributed by atoms with van der Waals surface area (Å²) in [5.41, 5.74) is 1.55. The minimum absolute atomic E-state index is 0.185. The molecular formula is C25H34N4O2. The van der Waals surface area contributed by atoms with Crippen LogP contribution in [0, 0.1) is 5.92 Å². The first-order valence-electron chi connectivity index (χ1n) is 12.1. The van der Waals surface area contributed by atoms with Crippen LogP contribution < -0.4 is 0 Å². The highest BCUT2D eigenvalue weighted by molar-refractivity contribution is 5.48. The third-order valence-electron chi connectivity index (χ3n) is 8.73. The Kier molecular flexibility index (Phi) is 4.67. The Morgan fingerprint density at radius 3 is 2.71 bits per heavy atom. The van der Waals surface area contributed by atoms with Crippen LogP contribution in [0.2, 0.25) is 0 Å². The van der Waals surface area contributed by atoms with Crippen molar-refractivity contribution in [3.05, 3.63) is 47.8 Å². The number of rotatable bonds is 5. The van der Waals surface area contributed by atoms with Crippen LogP contribution >= 0.6 is 0 Å². The van der Waals surface area contributed by atoms with E-state index in [4.69, 9.17) is 0 Å². The van der Waals surface area contributed by atoms with Crippen LogP contribution in [-0.4, -0.2) is 74.2 Å². The van der Waals surface area contributed by atoms with E-state index in [9.17, 15) is 10.2 Å². The Morgan fingerprint density at radius 2 is 1.90 bits per heavy atom. The van der Waals surface area contributed by atoms with E-state index in [1.165, 1.54) is 24.0 Å². The molecule has 1 saturated carbocycles. The minimum atomic E-state index is -0.735. The summed E-state index contributed by atoms with van der Waals surface area (Å²) >= 11 is 0. The van der Waals surface area contributed by atoms with Crippen LogP contribution in [0.1, 0.15) is 43.2 Å². The van der Waals surface area contributed by atoms with E-state index in [1.54, 1.807) is 0 Å². The second-order valence-corrected chi connectivity index (χ2v) is 10.4. The highest BCUT2D eigenvalue weighted by Gasteiger charge is 2.63. The summed E-state index contributed by atoms with van der Waals surface area (Å²) in [5, 5.41) is 27.2. The van der Waals surface area contributed by atoms with Gasteiger partial charge in [-0.1, -0.05) is 6.07 Å². The standard InChI is InChI=1S/C25H34N4O2/c30-21-5-4-20-16-23-25(31)8-12-27(14-15-29-10-1-9-26-29)11-6-24(25,22(20)17-21)7-13-28(23)18-19-2-3-19/h1,4-5,9-10,17,19,23,30-31H,2-3,6-8,11-16,18H2. The van der Waals surface area contributed by atoms with Gasteiger partial charge < -0.3 is 15.1 Å². The average molecular weight is 423 g/mol. The molecule has 3 heterocycles. The monoisotopic (exact) mass is 422 g/mol. The number of fused-ring (bicyclic) bond motifs is 1. The van der Waals surface area contributed by atoms with Gasteiger partial charge in [0.2, 0.25) is 0 Å². The second kappa shape index (κ2) is 7.32. The average Bonchev–Trinajstić information content (AvgIpc) is 3.46. The molecule has 2 bridgehead atoms. The molecule has 4 aliphatic rings. The number of hydrogen-bond donors (Lipinski definition) is 2. The van der Waals surface area contributed by atoms with Gasteiger partial charge in [-0.15, -0.1) is 0 Å². The van der Waals surface area contributed by atoms with Gasteiger partial charge in [-0.3, -0.25) is 9.58 Å². The van der Waals surface area contributed by atoms with Crippen molar-refractivity contribution in [1.82, 2.24) is 19.6 Å². The molecule has 2 saturated heterocycles. The van der Waals surface area contributed by atoms with Gasteiger partial charge in [-0.2, -0.15) is 5.10 Å². The van der Waals surface area contributed by atoms with Crippen molar-refractivity contribution in [3.63, 3.8) is 0 Å². The van der Waals surface area contributed by atoms with Crippen molar-refractivity contribution in [2.45, 2.75) is 62.1 Å². The number of hydrogen-bond acceptors (Lipinski definition) is 5. The molecule has 2 aliphatic heterocycles. The summed E-state index contributed by atoms with van der Waals surface area (Å²) in [6.45, 7) is 5.94. The predicted octanol–water partition coefficient (Wildman–Crippen LogP) is 2.39. The van der Waals surface area contributed by atoms with Gasteiger partial charge in [-0.25, -0.2) is 0 Å². The Morgan fingerprint density at radius 1 is 1.06 bits per heavy atom. The molecule has 3 unspecified atom stereocenters. The summed E-state index contributed by atoms with van der Waals surface area (Å²) in [6, 6.07) is 8.06. The van der Waals surface area contributed by atoms with Crippen molar-refractivity contribution in [2.24, 2.45) is 5.92 Å². The molecule has 2 N–H and O–H groups in total. The Labute approximate surface area is 184 Å². The van der Waals surface area contributed by atoms with Crippen molar-refractivity contribution < 1.29 is 10.2 Å². The summed E-state index contributed by atoms with van der Waals surface area (Å²) in [6.07, 6.45) is 10.2. The number of aromatic nitrogens is 2. The number of piperidine rings is 1. The van der Waals surface area contributed by atoms with Crippen LogP contribution in [0.5, 0.6) is 5.75 Å². The third-order valence-corrected chi connectivity index (χ3v) is 8.73. The Balaban J connectivity index is 1.33. The number of aliphatic hydroxyl groups is 1. The smallest absolute Gasteiger partial charge is 0.115 e. The summed E-state index contributed by atoms with van der Waals surface area (Å²) in [7, 11) is 0. The van der Waals surface area contributed by atoms with Crippen molar-refractivity contribution in [3.8, 4) is 5.75 Å². The van der Waals surface area contributed by atoms with Crippen molar-refractivity contribution >= 4 is 0 Å². The number of aromatic hydroxyl groups is 1. The largest absolute Gasteiger partial charge is 0.508 e. The zero-order valence-electron chi connectivity index (χ0n) is 18.3. The van der Waals surface area contributed by atoms with Gasteiger partial charge >= 0.3 is 0 Å². The fourth-order valence-corrected chi connectivity index (χ4v) is 6.81. The Bertz CT molecular complexity index is 943. The maximum atomic E-state index is 12.5. The van der Waals surface area contributed by atoms with Crippen LogP contribution in [-0.2, 0) is 18.4 Å². The topological polar surface area (TPSA) is 64.8 Å². The molecule has 166 valence electrons. The summed E-state index contributed by atoms with van der Waals surface area (Å²) in [5.74, 6) is 1.16. The van der Waals surface area contributed by atoms with Crippen molar-refractivity contribution in [1.29, 1.82) is 0 Å². The normalized spacial score (nSPS) is 33.5. The number of phenolic OH excluding ortho intramolecular Hbond substituents is 1. The van der Waals surface area contributed by atoms with Gasteiger partial charge in [0, 0.05) is 43.5 Å². The molecule has 0 spiro atoms.